The van der Waals surface area contributed by atoms with Crippen LogP contribution in [0.25, 0.3) is 0 Å². The second kappa shape index (κ2) is 7.97. The zero-order valence-electron chi connectivity index (χ0n) is 12.5. The van der Waals surface area contributed by atoms with Gasteiger partial charge in [0.25, 0.3) is 5.69 Å². The average Bonchev–Trinajstić information content (AvgIpc) is 2.42. The number of rotatable bonds is 9. The molecule has 0 saturated carbocycles. The summed E-state index contributed by atoms with van der Waals surface area (Å²) in [6.07, 6.45) is 1.65. The van der Waals surface area contributed by atoms with Crippen molar-refractivity contribution in [3.63, 3.8) is 0 Å². The Morgan fingerprint density at radius 3 is 2.70 bits per heavy atom. The van der Waals surface area contributed by atoms with Crippen LogP contribution in [-0.2, 0) is 11.2 Å². The number of nitrogens with zero attached hydrogens (tertiary/aromatic N) is 1. The van der Waals surface area contributed by atoms with Crippen molar-refractivity contribution < 1.29 is 9.66 Å². The van der Waals surface area contributed by atoms with Crippen LogP contribution in [0.2, 0.25) is 0 Å². The van der Waals surface area contributed by atoms with Crippen molar-refractivity contribution in [1.82, 2.24) is 5.32 Å². The molecule has 0 bridgehead atoms. The Morgan fingerprint density at radius 1 is 1.35 bits per heavy atom. The van der Waals surface area contributed by atoms with Crippen molar-refractivity contribution in [3.8, 4) is 0 Å². The number of nitro groups is 1. The van der Waals surface area contributed by atoms with Gasteiger partial charge in [0.2, 0.25) is 0 Å². The molecule has 20 heavy (non-hydrogen) atoms. The number of methoxy groups -OCH3 is 1. The van der Waals surface area contributed by atoms with Crippen LogP contribution in [0, 0.1) is 15.5 Å². The smallest absolute Gasteiger partial charge is 0.272 e. The Hall–Kier alpha value is -1.46. The van der Waals surface area contributed by atoms with E-state index in [1.54, 1.807) is 19.2 Å². The highest BCUT2D eigenvalue weighted by Crippen LogP contribution is 2.20. The van der Waals surface area contributed by atoms with Gasteiger partial charge in [-0.3, -0.25) is 10.1 Å². The Bertz CT molecular complexity index is 433. The van der Waals surface area contributed by atoms with Gasteiger partial charge in [-0.25, -0.2) is 0 Å². The molecule has 0 aromatic heterocycles. The Labute approximate surface area is 120 Å². The van der Waals surface area contributed by atoms with E-state index in [-0.39, 0.29) is 16.0 Å². The maximum Gasteiger partial charge on any atom is 0.272 e. The molecule has 0 aliphatic rings. The van der Waals surface area contributed by atoms with Crippen LogP contribution in [-0.4, -0.2) is 31.7 Å². The summed E-state index contributed by atoms with van der Waals surface area (Å²) in [6.45, 7) is 6.73. The fourth-order valence-corrected chi connectivity index (χ4v) is 2.02. The minimum Gasteiger partial charge on any atom is -0.385 e. The lowest BCUT2D eigenvalue weighted by molar-refractivity contribution is -0.385. The molecule has 0 atom stereocenters. The number of nitrogens with one attached hydrogen (secondary N) is 1. The summed E-state index contributed by atoms with van der Waals surface area (Å²) in [5, 5.41) is 14.3. The van der Waals surface area contributed by atoms with Crippen LogP contribution >= 0.6 is 0 Å². The summed E-state index contributed by atoms with van der Waals surface area (Å²) >= 11 is 0. The zero-order chi connectivity index (χ0) is 15.0. The summed E-state index contributed by atoms with van der Waals surface area (Å²) in [5.74, 6) is 0. The Balaban J connectivity index is 2.40. The molecule has 1 rings (SSSR count). The van der Waals surface area contributed by atoms with Crippen LogP contribution < -0.4 is 5.32 Å². The number of nitro benzene ring substituents is 1. The van der Waals surface area contributed by atoms with E-state index in [1.807, 2.05) is 12.1 Å². The molecule has 0 aliphatic carbocycles. The fourth-order valence-electron chi connectivity index (χ4n) is 2.02. The van der Waals surface area contributed by atoms with E-state index in [4.69, 9.17) is 4.74 Å². The monoisotopic (exact) mass is 280 g/mol. The maximum absolute atomic E-state index is 10.9. The van der Waals surface area contributed by atoms with Crippen molar-refractivity contribution in [3.05, 3.63) is 39.9 Å². The highest BCUT2D eigenvalue weighted by Gasteiger charge is 2.17. The molecule has 0 radical (unpaired) electrons. The number of hydrogen-bond acceptors (Lipinski definition) is 4. The van der Waals surface area contributed by atoms with Gasteiger partial charge in [-0.05, 0) is 24.8 Å². The number of benzene rings is 1. The second-order valence-electron chi connectivity index (χ2n) is 5.72. The van der Waals surface area contributed by atoms with Crippen LogP contribution in [0.15, 0.2) is 24.3 Å². The summed E-state index contributed by atoms with van der Waals surface area (Å²) in [4.78, 5) is 10.6. The van der Waals surface area contributed by atoms with E-state index >= 15 is 0 Å². The van der Waals surface area contributed by atoms with Gasteiger partial charge in [-0.2, -0.15) is 0 Å². The Morgan fingerprint density at radius 2 is 2.05 bits per heavy atom. The lowest BCUT2D eigenvalue weighted by Crippen LogP contribution is -2.31. The largest absolute Gasteiger partial charge is 0.385 e. The molecule has 1 aromatic carbocycles. The second-order valence-corrected chi connectivity index (χ2v) is 5.72. The van der Waals surface area contributed by atoms with Gasteiger partial charge in [0.05, 0.1) is 4.92 Å². The van der Waals surface area contributed by atoms with Gasteiger partial charge in [0.1, 0.15) is 0 Å². The highest BCUT2D eigenvalue weighted by molar-refractivity contribution is 5.39. The van der Waals surface area contributed by atoms with Gasteiger partial charge in [0.15, 0.2) is 0 Å². The molecule has 0 amide bonds. The molecule has 0 heterocycles. The number of ether oxygens (including phenoxy) is 1. The third-order valence-corrected chi connectivity index (χ3v) is 3.35. The predicted molar refractivity (Wildman–Crippen MR) is 79.9 cm³/mol. The zero-order valence-corrected chi connectivity index (χ0v) is 12.5. The van der Waals surface area contributed by atoms with E-state index in [2.05, 4.69) is 19.2 Å². The Kier molecular flexibility index (Phi) is 6.61. The first-order valence-electron chi connectivity index (χ1n) is 6.88. The number of para-hydroxylation sites is 1. The first-order valence-corrected chi connectivity index (χ1v) is 6.88. The molecule has 0 unspecified atom stereocenters. The molecule has 5 heteroatoms. The van der Waals surface area contributed by atoms with E-state index in [1.165, 1.54) is 0 Å². The van der Waals surface area contributed by atoms with Gasteiger partial charge in [0, 0.05) is 31.9 Å². The predicted octanol–water partition coefficient (Wildman–Crippen LogP) is 2.79. The molecular formula is C15H24N2O3. The molecule has 112 valence electrons. The van der Waals surface area contributed by atoms with Crippen LogP contribution in [0.1, 0.15) is 25.8 Å². The van der Waals surface area contributed by atoms with E-state index < -0.39 is 0 Å². The molecule has 0 fully saturated rings. The van der Waals surface area contributed by atoms with E-state index in [0.717, 1.165) is 31.7 Å². The summed E-state index contributed by atoms with van der Waals surface area (Å²) in [6, 6.07) is 6.90. The first kappa shape index (κ1) is 16.6. The van der Waals surface area contributed by atoms with Crippen LogP contribution in [0.4, 0.5) is 5.69 Å². The SMILES string of the molecule is COCCC(C)(C)CNCCc1ccccc1[N+](=O)[O-]. The molecule has 5 nitrogen and oxygen atoms in total. The minimum atomic E-state index is -0.322. The number of hydrogen-bond donors (Lipinski definition) is 1. The molecule has 1 aromatic rings. The fraction of sp³-hybridized carbons (Fsp3) is 0.600. The third-order valence-electron chi connectivity index (χ3n) is 3.35. The summed E-state index contributed by atoms with van der Waals surface area (Å²) in [5.41, 5.74) is 1.14. The van der Waals surface area contributed by atoms with Crippen molar-refractivity contribution in [2.45, 2.75) is 26.7 Å². The molecule has 0 saturated heterocycles. The third kappa shape index (κ3) is 5.67. The topological polar surface area (TPSA) is 64.4 Å². The van der Waals surface area contributed by atoms with Gasteiger partial charge < -0.3 is 10.1 Å². The van der Waals surface area contributed by atoms with Crippen molar-refractivity contribution >= 4 is 5.69 Å². The lowest BCUT2D eigenvalue weighted by atomic mass is 9.89. The average molecular weight is 280 g/mol. The molecule has 1 N–H and O–H groups in total. The molecule has 0 spiro atoms. The van der Waals surface area contributed by atoms with Crippen LogP contribution in [0.3, 0.4) is 0 Å². The maximum atomic E-state index is 10.9. The molecular weight excluding hydrogens is 256 g/mol. The van der Waals surface area contributed by atoms with E-state index in [0.29, 0.717) is 6.42 Å². The van der Waals surface area contributed by atoms with Gasteiger partial charge >= 0.3 is 0 Å². The van der Waals surface area contributed by atoms with Crippen molar-refractivity contribution in [1.29, 1.82) is 0 Å². The van der Waals surface area contributed by atoms with Crippen molar-refractivity contribution in [2.24, 2.45) is 5.41 Å². The standard InChI is InChI=1S/C15H24N2O3/c1-15(2,9-11-20-3)12-16-10-8-13-6-4-5-7-14(13)17(18)19/h4-7,16H,8-12H2,1-3H3. The minimum absolute atomic E-state index is 0.165. The first-order chi connectivity index (χ1) is 9.46. The van der Waals surface area contributed by atoms with Crippen LogP contribution in [0.5, 0.6) is 0 Å². The highest BCUT2D eigenvalue weighted by atomic mass is 16.6. The van der Waals surface area contributed by atoms with Gasteiger partial charge in [-0.15, -0.1) is 0 Å². The van der Waals surface area contributed by atoms with Gasteiger partial charge in [-0.1, -0.05) is 32.0 Å². The summed E-state index contributed by atoms with van der Waals surface area (Å²) in [7, 11) is 1.71. The lowest BCUT2D eigenvalue weighted by Gasteiger charge is -2.24. The quantitative estimate of drug-likeness (QED) is 0.429. The summed E-state index contributed by atoms with van der Waals surface area (Å²) < 4.78 is 5.09. The molecule has 0 aliphatic heterocycles. The van der Waals surface area contributed by atoms with Crippen molar-refractivity contribution in [2.75, 3.05) is 26.8 Å². The van der Waals surface area contributed by atoms with E-state index in [9.17, 15) is 10.1 Å². The normalized spacial score (nSPS) is 11.6.